The summed E-state index contributed by atoms with van der Waals surface area (Å²) in [6, 6.07) is 22.3. The predicted molar refractivity (Wildman–Crippen MR) is 193 cm³/mol. The molecule has 0 atom stereocenters. The molecule has 0 aliphatic carbocycles. The van der Waals surface area contributed by atoms with Gasteiger partial charge >= 0.3 is 0 Å². The highest BCUT2D eigenvalue weighted by Gasteiger charge is 2.34. The third kappa shape index (κ3) is 6.42. The summed E-state index contributed by atoms with van der Waals surface area (Å²) in [4.78, 5) is 65.3. The first-order valence-corrected chi connectivity index (χ1v) is 18.3. The molecule has 4 heterocycles. The smallest absolute Gasteiger partial charge is 0.261 e. The van der Waals surface area contributed by atoms with Gasteiger partial charge in [-0.1, -0.05) is 36.4 Å². The predicted octanol–water partition coefficient (Wildman–Crippen LogP) is 5.25. The molecule has 13 heteroatoms. The fourth-order valence-electron chi connectivity index (χ4n) is 6.93. The fourth-order valence-corrected chi connectivity index (χ4v) is 6.93. The number of amides is 4. The number of imide groups is 2. The molecule has 258 valence electrons. The normalized spacial score (nSPS) is 14.2. The van der Waals surface area contributed by atoms with Gasteiger partial charge in [0.15, 0.2) is 0 Å². The van der Waals surface area contributed by atoms with Crippen LogP contribution in [0.4, 0.5) is 0 Å². The lowest BCUT2D eigenvalue weighted by molar-refractivity contribution is 0.0591. The average molecular weight is 704 g/mol. The Labute approximate surface area is 292 Å². The minimum absolute atomic E-state index is 0.273. The number of pyridine rings is 2. The van der Waals surface area contributed by atoms with Crippen molar-refractivity contribution in [3.05, 3.63) is 107 Å². The Balaban J connectivity index is 0.000000761. The average Bonchev–Trinajstić information content (AvgIpc) is 3.12. The Morgan fingerprint density at radius 2 is 1.04 bits per heavy atom. The molecule has 2 N–H and O–H groups in total. The van der Waals surface area contributed by atoms with Crippen molar-refractivity contribution in [1.82, 2.24) is 25.1 Å². The molecular formula is C38H33N5O7S. The van der Waals surface area contributed by atoms with Gasteiger partial charge in [-0.3, -0.25) is 43.5 Å². The molecule has 12 nitrogen and oxygen atoms in total. The van der Waals surface area contributed by atoms with Crippen LogP contribution in [0.1, 0.15) is 60.7 Å². The zero-order valence-electron chi connectivity index (χ0n) is 27.6. The van der Waals surface area contributed by atoms with Gasteiger partial charge in [0.05, 0.1) is 17.3 Å². The highest BCUT2D eigenvalue weighted by Crippen LogP contribution is 2.36. The van der Waals surface area contributed by atoms with E-state index in [1.807, 2.05) is 60.7 Å². The minimum atomic E-state index is -3.67. The van der Waals surface area contributed by atoms with Crippen molar-refractivity contribution in [1.29, 1.82) is 0 Å². The van der Waals surface area contributed by atoms with E-state index in [1.54, 1.807) is 24.5 Å². The lowest BCUT2D eigenvalue weighted by Crippen LogP contribution is -2.41. The molecule has 0 saturated carbocycles. The number of hydrogen-bond acceptors (Lipinski definition) is 9. The summed E-state index contributed by atoms with van der Waals surface area (Å²) in [6.07, 6.45) is 6.16. The Hall–Kier alpha value is -5.63. The van der Waals surface area contributed by atoms with Gasteiger partial charge in [-0.25, -0.2) is 0 Å². The van der Waals surface area contributed by atoms with E-state index in [9.17, 15) is 27.6 Å². The van der Waals surface area contributed by atoms with Crippen molar-refractivity contribution in [2.45, 2.75) is 19.3 Å². The second kappa shape index (κ2) is 13.6. The summed E-state index contributed by atoms with van der Waals surface area (Å²) in [5, 5.41) is 8.10. The lowest BCUT2D eigenvalue weighted by Gasteiger charge is -2.28. The maximum absolute atomic E-state index is 13.5. The molecule has 4 aromatic carbocycles. The molecular weight excluding hydrogens is 671 g/mol. The first kappa shape index (κ1) is 33.8. The minimum Gasteiger partial charge on any atom is -0.317 e. The second-order valence-electron chi connectivity index (χ2n) is 12.5. The van der Waals surface area contributed by atoms with E-state index in [0.717, 1.165) is 39.0 Å². The molecule has 4 amide bonds. The van der Waals surface area contributed by atoms with Gasteiger partial charge in [0.2, 0.25) is 0 Å². The van der Waals surface area contributed by atoms with Gasteiger partial charge in [-0.15, -0.1) is 0 Å². The van der Waals surface area contributed by atoms with E-state index in [4.69, 9.17) is 4.55 Å². The summed E-state index contributed by atoms with van der Waals surface area (Å²) >= 11 is 0. The van der Waals surface area contributed by atoms with Crippen LogP contribution in [-0.4, -0.2) is 88.8 Å². The van der Waals surface area contributed by atoms with Crippen molar-refractivity contribution in [2.75, 3.05) is 32.4 Å². The maximum Gasteiger partial charge on any atom is 0.261 e. The molecule has 0 bridgehead atoms. The van der Waals surface area contributed by atoms with Gasteiger partial charge in [0.25, 0.3) is 33.7 Å². The molecule has 0 spiro atoms. The molecule has 2 aromatic heterocycles. The number of fused-ring (bicyclic) bond motifs is 4. The number of nitrogens with one attached hydrogen (secondary N) is 1. The van der Waals surface area contributed by atoms with Crippen molar-refractivity contribution in [3.8, 4) is 0 Å². The molecule has 51 heavy (non-hydrogen) atoms. The van der Waals surface area contributed by atoms with Crippen LogP contribution >= 0.6 is 0 Å². The topological polar surface area (TPSA) is 167 Å². The van der Waals surface area contributed by atoms with Crippen LogP contribution < -0.4 is 5.32 Å². The quantitative estimate of drug-likeness (QED) is 0.0879. The van der Waals surface area contributed by atoms with Crippen LogP contribution in [0.15, 0.2) is 85.2 Å². The first-order valence-electron chi connectivity index (χ1n) is 16.5. The van der Waals surface area contributed by atoms with Gasteiger partial charge in [0.1, 0.15) is 0 Å². The van der Waals surface area contributed by atoms with E-state index in [2.05, 4.69) is 15.3 Å². The summed E-state index contributed by atoms with van der Waals surface area (Å²) in [5.74, 6) is -1.11. The fraction of sp³-hybridized carbons (Fsp3) is 0.211. The van der Waals surface area contributed by atoms with Crippen LogP contribution in [0.25, 0.3) is 43.4 Å². The molecule has 0 radical (unpaired) electrons. The number of nitrogens with zero attached hydrogens (tertiary/aromatic N) is 4. The third-order valence-electron chi connectivity index (χ3n) is 9.08. The van der Waals surface area contributed by atoms with Crippen LogP contribution in [0.2, 0.25) is 0 Å². The molecule has 0 saturated heterocycles. The number of rotatable bonds is 9. The van der Waals surface area contributed by atoms with Gasteiger partial charge in [0, 0.05) is 80.1 Å². The molecule has 0 unspecified atom stereocenters. The van der Waals surface area contributed by atoms with E-state index in [1.165, 1.54) is 9.80 Å². The second-order valence-corrected chi connectivity index (χ2v) is 14.0. The third-order valence-corrected chi connectivity index (χ3v) is 9.08. The summed E-state index contributed by atoms with van der Waals surface area (Å²) in [7, 11) is -3.67. The Morgan fingerprint density at radius 1 is 0.608 bits per heavy atom. The maximum atomic E-state index is 13.5. The molecule has 8 rings (SSSR count). The zero-order chi connectivity index (χ0) is 35.9. The zero-order valence-corrected chi connectivity index (χ0v) is 28.4. The van der Waals surface area contributed by atoms with E-state index in [-0.39, 0.29) is 23.6 Å². The molecule has 2 aliphatic heterocycles. The van der Waals surface area contributed by atoms with Crippen molar-refractivity contribution in [2.24, 2.45) is 0 Å². The van der Waals surface area contributed by atoms with E-state index >= 15 is 0 Å². The Morgan fingerprint density at radius 3 is 1.53 bits per heavy atom. The summed E-state index contributed by atoms with van der Waals surface area (Å²) in [5.41, 5.74) is 3.69. The van der Waals surface area contributed by atoms with Crippen molar-refractivity contribution >= 4 is 77.1 Å². The SMILES string of the molecule is CS(=O)(=O)O.O=C1c2cccc3c2c(cc2cccnc23)C(=O)N1CCCCNCCCN1C(=O)c2cccc3c2c(cc2cccnc23)C1=O. The number of carbonyl (C=O) groups is 4. The summed E-state index contributed by atoms with van der Waals surface area (Å²) < 4.78 is 25.9. The number of unbranched alkanes of at least 4 members (excludes halogenated alkanes) is 1. The molecule has 2 aliphatic rings. The highest BCUT2D eigenvalue weighted by atomic mass is 32.2. The molecule has 6 aromatic rings. The van der Waals surface area contributed by atoms with Crippen LogP contribution in [0.3, 0.4) is 0 Å². The van der Waals surface area contributed by atoms with Crippen molar-refractivity contribution in [3.63, 3.8) is 0 Å². The standard InChI is InChI=1S/C37H29N5O4.CH4O3S/c43-34-26-12-3-10-24-30(26)28(20-22-8-5-16-39-32(22)24)36(45)41(34)18-2-1-14-38-15-7-19-42-35(44)27-13-4-11-25-31(27)29(37(42)46)21-23-9-6-17-40-33(23)25;1-5(2,3)4/h3-6,8-13,16-17,20-21,38H,1-2,7,14-15,18-19H2;1H3,(H,2,3,4). The Bertz CT molecular complexity index is 2370. The number of hydrogen-bond donors (Lipinski definition) is 2. The number of carbonyl (C=O) groups excluding carboxylic acids is 4. The van der Waals surface area contributed by atoms with Gasteiger partial charge in [-0.05, 0) is 68.8 Å². The Kier molecular flexibility index (Phi) is 9.02. The number of aromatic nitrogens is 2. The van der Waals surface area contributed by atoms with Crippen LogP contribution in [0.5, 0.6) is 0 Å². The molecule has 0 fully saturated rings. The largest absolute Gasteiger partial charge is 0.317 e. The van der Waals surface area contributed by atoms with Gasteiger partial charge in [-0.2, -0.15) is 8.42 Å². The lowest BCUT2D eigenvalue weighted by atomic mass is 9.91. The highest BCUT2D eigenvalue weighted by molar-refractivity contribution is 7.85. The van der Waals surface area contributed by atoms with E-state index in [0.29, 0.717) is 78.3 Å². The van der Waals surface area contributed by atoms with E-state index < -0.39 is 10.1 Å². The first-order chi connectivity index (χ1) is 24.5. The monoisotopic (exact) mass is 703 g/mol. The van der Waals surface area contributed by atoms with Gasteiger partial charge < -0.3 is 5.32 Å². The van der Waals surface area contributed by atoms with Crippen molar-refractivity contribution < 1.29 is 32.1 Å². The van der Waals surface area contributed by atoms with Crippen LogP contribution in [0, 0.1) is 0 Å². The van der Waals surface area contributed by atoms with Crippen LogP contribution in [-0.2, 0) is 10.1 Å². The summed E-state index contributed by atoms with van der Waals surface area (Å²) in [6.45, 7) is 1.93. The number of benzene rings is 4.